The molecule has 132 valence electrons. The fraction of sp³-hybridized carbons (Fsp3) is 0.222. The molecule has 5 nitrogen and oxygen atoms in total. The minimum Gasteiger partial charge on any atom is -0.493 e. The lowest BCUT2D eigenvalue weighted by atomic mass is 10.2. The quantitative estimate of drug-likeness (QED) is 0.779. The van der Waals surface area contributed by atoms with E-state index in [-0.39, 0.29) is 13.0 Å². The Morgan fingerprint density at radius 1 is 1.04 bits per heavy atom. The molecule has 1 atom stereocenters. The van der Waals surface area contributed by atoms with Gasteiger partial charge in [-0.15, -0.1) is 0 Å². The average molecular weight is 349 g/mol. The molecule has 0 saturated heterocycles. The molecule has 2 rings (SSSR count). The number of hydrogen-bond acceptors (Lipinski definition) is 4. The van der Waals surface area contributed by atoms with Gasteiger partial charge >= 0.3 is 5.97 Å². The van der Waals surface area contributed by atoms with Crippen LogP contribution in [0.25, 0.3) is 0 Å². The third-order valence-electron chi connectivity index (χ3n) is 3.21. The number of ether oxygens (including phenoxy) is 2. The van der Waals surface area contributed by atoms with Gasteiger partial charge in [-0.05, 0) is 31.2 Å². The Morgan fingerprint density at radius 2 is 1.68 bits per heavy atom. The second-order valence-electron chi connectivity index (χ2n) is 5.13. The molecule has 1 amide bonds. The van der Waals surface area contributed by atoms with Crippen LogP contribution < -0.4 is 10.1 Å². The lowest BCUT2D eigenvalue weighted by Crippen LogP contribution is -2.31. The van der Waals surface area contributed by atoms with Gasteiger partial charge in [0.05, 0.1) is 13.0 Å². The van der Waals surface area contributed by atoms with Crippen molar-refractivity contribution in [3.05, 3.63) is 60.2 Å². The summed E-state index contributed by atoms with van der Waals surface area (Å²) < 4.78 is 37.2. The lowest BCUT2D eigenvalue weighted by Gasteiger charge is -2.14. The molecule has 2 aromatic carbocycles. The zero-order valence-electron chi connectivity index (χ0n) is 13.5. The number of carbonyl (C=O) groups excluding carboxylic acids is 2. The van der Waals surface area contributed by atoms with Crippen molar-refractivity contribution in [2.45, 2.75) is 19.4 Å². The van der Waals surface area contributed by atoms with E-state index in [1.54, 1.807) is 24.3 Å². The Hall–Kier alpha value is -2.96. The monoisotopic (exact) mass is 349 g/mol. The number of para-hydroxylation sites is 2. The molecule has 0 aliphatic rings. The minimum atomic E-state index is -1.21. The highest BCUT2D eigenvalue weighted by molar-refractivity contribution is 5.95. The number of halogens is 2. The van der Waals surface area contributed by atoms with Crippen LogP contribution in [-0.4, -0.2) is 24.6 Å². The largest absolute Gasteiger partial charge is 0.493 e. The Balaban J connectivity index is 1.79. The lowest BCUT2D eigenvalue weighted by molar-refractivity contribution is -0.153. The number of esters is 1. The van der Waals surface area contributed by atoms with E-state index in [0.717, 1.165) is 12.1 Å². The first-order chi connectivity index (χ1) is 12.0. The van der Waals surface area contributed by atoms with E-state index in [0.29, 0.717) is 5.75 Å². The van der Waals surface area contributed by atoms with Crippen molar-refractivity contribution in [2.24, 2.45) is 0 Å². The predicted octanol–water partition coefficient (Wildman–Crippen LogP) is 3.30. The maximum Gasteiger partial charge on any atom is 0.310 e. The molecule has 25 heavy (non-hydrogen) atoms. The van der Waals surface area contributed by atoms with Crippen LogP contribution in [0.1, 0.15) is 13.3 Å². The zero-order chi connectivity index (χ0) is 18.2. The average Bonchev–Trinajstić information content (AvgIpc) is 2.59. The van der Waals surface area contributed by atoms with Crippen molar-refractivity contribution < 1.29 is 27.8 Å². The van der Waals surface area contributed by atoms with Gasteiger partial charge in [-0.3, -0.25) is 9.59 Å². The fourth-order valence-corrected chi connectivity index (χ4v) is 1.92. The topological polar surface area (TPSA) is 64.6 Å². The maximum absolute atomic E-state index is 13.5. The Morgan fingerprint density at radius 3 is 2.32 bits per heavy atom. The molecule has 0 fully saturated rings. The predicted molar refractivity (Wildman–Crippen MR) is 87.1 cm³/mol. The smallest absolute Gasteiger partial charge is 0.310 e. The van der Waals surface area contributed by atoms with Gasteiger partial charge in [-0.1, -0.05) is 24.3 Å². The molecule has 0 bridgehead atoms. The summed E-state index contributed by atoms with van der Waals surface area (Å²) in [4.78, 5) is 23.6. The summed E-state index contributed by atoms with van der Waals surface area (Å²) in [6.45, 7) is 1.39. The summed E-state index contributed by atoms with van der Waals surface area (Å²) in [5, 5.41) is 2.07. The van der Waals surface area contributed by atoms with Crippen molar-refractivity contribution in [1.82, 2.24) is 0 Å². The fourth-order valence-electron chi connectivity index (χ4n) is 1.92. The van der Waals surface area contributed by atoms with Gasteiger partial charge in [0, 0.05) is 0 Å². The van der Waals surface area contributed by atoms with E-state index in [2.05, 4.69) is 5.32 Å². The van der Waals surface area contributed by atoms with E-state index in [1.807, 2.05) is 6.07 Å². The summed E-state index contributed by atoms with van der Waals surface area (Å²) in [6.07, 6.45) is -1.27. The van der Waals surface area contributed by atoms with Crippen LogP contribution in [-0.2, 0) is 14.3 Å². The number of nitrogens with one attached hydrogen (secondary N) is 1. The molecule has 0 saturated carbocycles. The zero-order valence-corrected chi connectivity index (χ0v) is 13.5. The number of rotatable bonds is 7. The number of benzene rings is 2. The van der Waals surface area contributed by atoms with Crippen LogP contribution in [0.4, 0.5) is 14.5 Å². The van der Waals surface area contributed by atoms with Gasteiger partial charge in [-0.25, -0.2) is 8.78 Å². The van der Waals surface area contributed by atoms with Gasteiger partial charge in [0.15, 0.2) is 6.10 Å². The molecular formula is C18H17F2NO4. The number of amides is 1. The Labute approximate surface area is 143 Å². The van der Waals surface area contributed by atoms with Gasteiger partial charge in [0.2, 0.25) is 0 Å². The first kappa shape index (κ1) is 18.4. The third kappa shape index (κ3) is 5.56. The van der Waals surface area contributed by atoms with Crippen molar-refractivity contribution in [3.63, 3.8) is 0 Å². The molecule has 7 heteroatoms. The van der Waals surface area contributed by atoms with Gasteiger partial charge < -0.3 is 14.8 Å². The van der Waals surface area contributed by atoms with Crippen LogP contribution >= 0.6 is 0 Å². The summed E-state index contributed by atoms with van der Waals surface area (Å²) in [7, 11) is 0. The van der Waals surface area contributed by atoms with E-state index in [4.69, 9.17) is 9.47 Å². The molecule has 0 radical (unpaired) electrons. The highest BCUT2D eigenvalue weighted by Crippen LogP contribution is 2.18. The highest BCUT2D eigenvalue weighted by atomic mass is 19.1. The number of anilines is 1. The molecule has 1 N–H and O–H groups in total. The Bertz CT molecular complexity index is 717. The van der Waals surface area contributed by atoms with E-state index in [1.165, 1.54) is 13.0 Å². The summed E-state index contributed by atoms with van der Waals surface area (Å²) in [5.74, 6) is -2.71. The minimum absolute atomic E-state index is 0.0689. The van der Waals surface area contributed by atoms with Gasteiger partial charge in [0.1, 0.15) is 23.1 Å². The van der Waals surface area contributed by atoms with Crippen LogP contribution in [0.5, 0.6) is 5.75 Å². The number of carbonyl (C=O) groups is 2. The first-order valence-corrected chi connectivity index (χ1v) is 7.59. The van der Waals surface area contributed by atoms with Crippen molar-refractivity contribution >= 4 is 17.6 Å². The maximum atomic E-state index is 13.5. The second kappa shape index (κ2) is 8.77. The van der Waals surface area contributed by atoms with E-state index < -0.39 is 35.3 Å². The van der Waals surface area contributed by atoms with Crippen LogP contribution in [0.15, 0.2) is 48.5 Å². The molecule has 0 aliphatic carbocycles. The van der Waals surface area contributed by atoms with Crippen molar-refractivity contribution in [3.8, 4) is 5.75 Å². The van der Waals surface area contributed by atoms with E-state index >= 15 is 0 Å². The van der Waals surface area contributed by atoms with Crippen LogP contribution in [0.3, 0.4) is 0 Å². The molecule has 0 aromatic heterocycles. The summed E-state index contributed by atoms with van der Waals surface area (Å²) >= 11 is 0. The molecular weight excluding hydrogens is 332 g/mol. The normalized spacial score (nSPS) is 11.5. The first-order valence-electron chi connectivity index (χ1n) is 7.59. The Kier molecular flexibility index (Phi) is 6.45. The van der Waals surface area contributed by atoms with Gasteiger partial charge in [-0.2, -0.15) is 0 Å². The molecule has 0 aliphatic heterocycles. The molecule has 0 heterocycles. The van der Waals surface area contributed by atoms with E-state index in [9.17, 15) is 18.4 Å². The SMILES string of the molecule is C[C@H](OC(=O)CCOc1ccccc1)C(=O)Nc1c(F)cccc1F. The van der Waals surface area contributed by atoms with Crippen LogP contribution in [0, 0.1) is 11.6 Å². The third-order valence-corrected chi connectivity index (χ3v) is 3.21. The second-order valence-corrected chi connectivity index (χ2v) is 5.13. The number of hydrogen-bond donors (Lipinski definition) is 1. The standard InChI is InChI=1S/C18H17F2NO4/c1-12(18(23)21-17-14(19)8-5-9-15(17)20)25-16(22)10-11-24-13-6-3-2-4-7-13/h2-9,12H,10-11H2,1H3,(H,21,23)/t12-/m0/s1. The van der Waals surface area contributed by atoms with Crippen LogP contribution in [0.2, 0.25) is 0 Å². The van der Waals surface area contributed by atoms with Gasteiger partial charge in [0.25, 0.3) is 5.91 Å². The summed E-state index contributed by atoms with van der Waals surface area (Å²) in [5.41, 5.74) is -0.581. The molecule has 2 aromatic rings. The molecule has 0 spiro atoms. The van der Waals surface area contributed by atoms with Crippen molar-refractivity contribution in [2.75, 3.05) is 11.9 Å². The van der Waals surface area contributed by atoms with Crippen molar-refractivity contribution in [1.29, 1.82) is 0 Å². The summed E-state index contributed by atoms with van der Waals surface area (Å²) in [6, 6.07) is 12.1. The highest BCUT2D eigenvalue weighted by Gasteiger charge is 2.20. The molecule has 0 unspecified atom stereocenters.